The molecule has 0 aliphatic carbocycles. The molecule has 2 N–H and O–H groups in total. The molecule has 0 saturated carbocycles. The van der Waals surface area contributed by atoms with Crippen molar-refractivity contribution in [3.8, 4) is 0 Å². The predicted molar refractivity (Wildman–Crippen MR) is 84.5 cm³/mol. The molecule has 0 aromatic heterocycles. The largest absolute Gasteiger partial charge is 0.373 e. The van der Waals surface area contributed by atoms with Crippen LogP contribution in [0.3, 0.4) is 0 Å². The molecule has 0 saturated heterocycles. The Morgan fingerprint density at radius 3 is 2.90 bits per heavy atom. The zero-order chi connectivity index (χ0) is 14.8. The van der Waals surface area contributed by atoms with Crippen molar-refractivity contribution in [3.05, 3.63) is 69.4 Å². The van der Waals surface area contributed by atoms with E-state index >= 15 is 0 Å². The number of hydrogen-bond acceptors (Lipinski definition) is 2. The smallest absolute Gasteiger partial charge is 0.124 e. The summed E-state index contributed by atoms with van der Waals surface area (Å²) in [4.78, 5) is 0. The molecular weight excluding hydrogens is 333 g/mol. The van der Waals surface area contributed by atoms with Gasteiger partial charge in [-0.25, -0.2) is 4.39 Å². The van der Waals surface area contributed by atoms with Crippen LogP contribution in [0.2, 0.25) is 0 Å². The highest BCUT2D eigenvalue weighted by Crippen LogP contribution is 2.34. The van der Waals surface area contributed by atoms with E-state index in [0.717, 1.165) is 12.0 Å². The minimum Gasteiger partial charge on any atom is -0.373 e. The second-order valence-corrected chi connectivity index (χ2v) is 6.27. The number of hydrogen-bond donors (Lipinski definition) is 1. The van der Waals surface area contributed by atoms with E-state index in [1.807, 2.05) is 18.2 Å². The van der Waals surface area contributed by atoms with E-state index in [9.17, 15) is 4.39 Å². The summed E-state index contributed by atoms with van der Waals surface area (Å²) in [6.07, 6.45) is 1.56. The lowest BCUT2D eigenvalue weighted by atomic mass is 9.92. The average molecular weight is 350 g/mol. The molecule has 0 fully saturated rings. The van der Waals surface area contributed by atoms with Gasteiger partial charge in [0.15, 0.2) is 0 Å². The quantitative estimate of drug-likeness (QED) is 0.896. The van der Waals surface area contributed by atoms with E-state index in [1.54, 1.807) is 0 Å². The van der Waals surface area contributed by atoms with Gasteiger partial charge in [-0.05, 0) is 47.7 Å². The van der Waals surface area contributed by atoms with Crippen molar-refractivity contribution in [3.63, 3.8) is 0 Å². The summed E-state index contributed by atoms with van der Waals surface area (Å²) in [5.41, 5.74) is 9.56. The van der Waals surface area contributed by atoms with Gasteiger partial charge in [0.25, 0.3) is 0 Å². The highest BCUT2D eigenvalue weighted by Gasteiger charge is 2.23. The summed E-state index contributed by atoms with van der Waals surface area (Å²) in [5, 5.41) is 0. The van der Waals surface area contributed by atoms with Crippen molar-refractivity contribution in [2.75, 3.05) is 6.61 Å². The van der Waals surface area contributed by atoms with Crippen molar-refractivity contribution in [2.45, 2.75) is 25.0 Å². The van der Waals surface area contributed by atoms with Gasteiger partial charge < -0.3 is 10.5 Å². The third kappa shape index (κ3) is 3.34. The minimum absolute atomic E-state index is 0.0213. The van der Waals surface area contributed by atoms with Gasteiger partial charge in [0, 0.05) is 10.5 Å². The molecule has 0 amide bonds. The summed E-state index contributed by atoms with van der Waals surface area (Å²) in [6, 6.07) is 12.8. The van der Waals surface area contributed by atoms with Crippen molar-refractivity contribution >= 4 is 15.9 Å². The van der Waals surface area contributed by atoms with Crippen molar-refractivity contribution < 1.29 is 9.13 Å². The van der Waals surface area contributed by atoms with E-state index in [4.69, 9.17) is 10.5 Å². The Kier molecular flexibility index (Phi) is 4.38. The Hall–Kier alpha value is -1.23. The fourth-order valence-corrected chi connectivity index (χ4v) is 3.31. The number of ether oxygens (including phenoxy) is 1. The first-order valence-corrected chi connectivity index (χ1v) is 7.84. The molecular formula is C17H17BrFNO. The molecule has 110 valence electrons. The molecule has 0 spiro atoms. The minimum atomic E-state index is -0.278. The molecule has 2 atom stereocenters. The molecule has 1 aliphatic heterocycles. The fourth-order valence-electron chi connectivity index (χ4n) is 2.83. The van der Waals surface area contributed by atoms with Gasteiger partial charge in [-0.2, -0.15) is 0 Å². The van der Waals surface area contributed by atoms with Crippen LogP contribution in [0.4, 0.5) is 4.39 Å². The lowest BCUT2D eigenvalue weighted by Crippen LogP contribution is -2.21. The third-order valence-corrected chi connectivity index (χ3v) is 4.33. The first kappa shape index (κ1) is 14.7. The standard InChI is InChI=1S/C17H17BrFNO/c18-13-7-12(8-14(19)9-13)16(20)10-17-15-4-2-1-3-11(15)5-6-21-17/h1-4,7-9,16-17H,5-6,10,20H2. The van der Waals surface area contributed by atoms with Gasteiger partial charge in [0.1, 0.15) is 5.82 Å². The average Bonchev–Trinajstić information content (AvgIpc) is 2.46. The zero-order valence-electron chi connectivity index (χ0n) is 11.6. The van der Waals surface area contributed by atoms with Crippen LogP contribution in [-0.2, 0) is 11.2 Å². The van der Waals surface area contributed by atoms with E-state index in [2.05, 4.69) is 28.1 Å². The summed E-state index contributed by atoms with van der Waals surface area (Å²) in [7, 11) is 0. The fraction of sp³-hybridized carbons (Fsp3) is 0.294. The maximum absolute atomic E-state index is 13.5. The SMILES string of the molecule is NC(CC1OCCc2ccccc21)c1cc(F)cc(Br)c1. The maximum atomic E-state index is 13.5. The van der Waals surface area contributed by atoms with Gasteiger partial charge in [-0.3, -0.25) is 0 Å². The Balaban J connectivity index is 1.81. The number of nitrogens with two attached hydrogens (primary N) is 1. The third-order valence-electron chi connectivity index (χ3n) is 3.87. The van der Waals surface area contributed by atoms with Crippen LogP contribution in [0, 0.1) is 5.82 Å². The van der Waals surface area contributed by atoms with Gasteiger partial charge in [0.2, 0.25) is 0 Å². The first-order chi connectivity index (χ1) is 10.1. The molecule has 2 nitrogen and oxygen atoms in total. The van der Waals surface area contributed by atoms with Crippen LogP contribution < -0.4 is 5.73 Å². The maximum Gasteiger partial charge on any atom is 0.124 e. The zero-order valence-corrected chi connectivity index (χ0v) is 13.1. The molecule has 0 radical (unpaired) electrons. The molecule has 3 rings (SSSR count). The topological polar surface area (TPSA) is 35.2 Å². The van der Waals surface area contributed by atoms with Crippen LogP contribution in [0.1, 0.15) is 35.3 Å². The van der Waals surface area contributed by atoms with Gasteiger partial charge in [0.05, 0.1) is 12.7 Å². The molecule has 2 unspecified atom stereocenters. The lowest BCUT2D eigenvalue weighted by molar-refractivity contribution is 0.0319. The Bertz CT molecular complexity index is 626. The molecule has 0 bridgehead atoms. The number of halogens is 2. The lowest BCUT2D eigenvalue weighted by Gasteiger charge is -2.28. The van der Waals surface area contributed by atoms with Gasteiger partial charge in [-0.1, -0.05) is 40.2 Å². The molecule has 2 aromatic carbocycles. The van der Waals surface area contributed by atoms with Gasteiger partial charge >= 0.3 is 0 Å². The monoisotopic (exact) mass is 349 g/mol. The van der Waals surface area contributed by atoms with E-state index in [0.29, 0.717) is 17.5 Å². The summed E-state index contributed by atoms with van der Waals surface area (Å²) >= 11 is 3.31. The number of rotatable bonds is 3. The van der Waals surface area contributed by atoms with Crippen LogP contribution in [0.15, 0.2) is 46.9 Å². The number of benzene rings is 2. The second-order valence-electron chi connectivity index (χ2n) is 5.35. The number of fused-ring (bicyclic) bond motifs is 1. The predicted octanol–water partition coefficient (Wildman–Crippen LogP) is 4.29. The Labute approximate surface area is 132 Å². The van der Waals surface area contributed by atoms with Crippen LogP contribution in [0.25, 0.3) is 0 Å². The summed E-state index contributed by atoms with van der Waals surface area (Å²) < 4.78 is 20.1. The second kappa shape index (κ2) is 6.26. The first-order valence-electron chi connectivity index (χ1n) is 7.04. The van der Waals surface area contributed by atoms with Gasteiger partial charge in [-0.15, -0.1) is 0 Å². The summed E-state index contributed by atoms with van der Waals surface area (Å²) in [6.45, 7) is 0.710. The van der Waals surface area contributed by atoms with Crippen molar-refractivity contribution in [2.24, 2.45) is 5.73 Å². The Morgan fingerprint density at radius 2 is 2.10 bits per heavy atom. The molecule has 4 heteroatoms. The highest BCUT2D eigenvalue weighted by molar-refractivity contribution is 9.10. The van der Waals surface area contributed by atoms with Crippen LogP contribution >= 0.6 is 15.9 Å². The molecule has 1 heterocycles. The molecule has 2 aromatic rings. The normalized spacial score (nSPS) is 19.1. The Morgan fingerprint density at radius 1 is 1.29 bits per heavy atom. The van der Waals surface area contributed by atoms with Crippen LogP contribution in [-0.4, -0.2) is 6.61 Å². The van der Waals surface area contributed by atoms with E-state index < -0.39 is 0 Å². The van der Waals surface area contributed by atoms with E-state index in [-0.39, 0.29) is 18.0 Å². The van der Waals surface area contributed by atoms with Crippen molar-refractivity contribution in [1.29, 1.82) is 0 Å². The van der Waals surface area contributed by atoms with Crippen LogP contribution in [0.5, 0.6) is 0 Å². The van der Waals surface area contributed by atoms with Crippen molar-refractivity contribution in [1.82, 2.24) is 0 Å². The highest BCUT2D eigenvalue weighted by atomic mass is 79.9. The summed E-state index contributed by atoms with van der Waals surface area (Å²) in [5.74, 6) is -0.278. The van der Waals surface area contributed by atoms with E-state index in [1.165, 1.54) is 23.3 Å². The molecule has 21 heavy (non-hydrogen) atoms. The molecule has 1 aliphatic rings.